The van der Waals surface area contributed by atoms with Crippen molar-refractivity contribution >= 4 is 11.6 Å². The van der Waals surface area contributed by atoms with Crippen molar-refractivity contribution in [1.29, 1.82) is 0 Å². The zero-order chi connectivity index (χ0) is 21.3. The summed E-state index contributed by atoms with van der Waals surface area (Å²) in [7, 11) is 2.96. The second-order valence-electron chi connectivity index (χ2n) is 7.06. The largest absolute Gasteiger partial charge is 0.496 e. The molecule has 1 heterocycles. The minimum absolute atomic E-state index is 0.0223. The molecule has 156 valence electrons. The third-order valence-electron chi connectivity index (χ3n) is 5.25. The third-order valence-corrected chi connectivity index (χ3v) is 5.25. The van der Waals surface area contributed by atoms with Gasteiger partial charge in [-0.3, -0.25) is 4.79 Å². The van der Waals surface area contributed by atoms with Crippen LogP contribution in [0.5, 0.6) is 11.5 Å². The highest BCUT2D eigenvalue weighted by molar-refractivity contribution is 6.05. The molecule has 7 heteroatoms. The molecule has 1 amide bonds. The van der Waals surface area contributed by atoms with Gasteiger partial charge in [0.2, 0.25) is 5.91 Å². The van der Waals surface area contributed by atoms with Gasteiger partial charge in [0.25, 0.3) is 0 Å². The Hall–Kier alpha value is -2.70. The number of alkyl halides is 3. The molecule has 0 aliphatic carbocycles. The number of anilines is 1. The van der Waals surface area contributed by atoms with Gasteiger partial charge in [-0.2, -0.15) is 13.2 Å². The predicted molar refractivity (Wildman–Crippen MR) is 106 cm³/mol. The third kappa shape index (κ3) is 4.04. The molecule has 4 nitrogen and oxygen atoms in total. The highest BCUT2D eigenvalue weighted by Gasteiger charge is 2.32. The fraction of sp³-hybridized carbons (Fsp3) is 0.409. The molecule has 2 aromatic carbocycles. The number of rotatable bonds is 6. The number of halogens is 3. The SMILES string of the molecule is CCN1C(=O)Cc2c1ccc(C)c2-c1c(OC)cc(CCC(F)(F)F)cc1OC. The van der Waals surface area contributed by atoms with Crippen LogP contribution < -0.4 is 14.4 Å². The Morgan fingerprint density at radius 3 is 2.21 bits per heavy atom. The van der Waals surface area contributed by atoms with Gasteiger partial charge in [0.1, 0.15) is 11.5 Å². The van der Waals surface area contributed by atoms with Crippen molar-refractivity contribution in [2.75, 3.05) is 25.7 Å². The van der Waals surface area contributed by atoms with E-state index in [1.165, 1.54) is 14.2 Å². The van der Waals surface area contributed by atoms with Crippen LogP contribution in [-0.4, -0.2) is 32.8 Å². The lowest BCUT2D eigenvalue weighted by Crippen LogP contribution is -2.25. The van der Waals surface area contributed by atoms with E-state index in [4.69, 9.17) is 9.47 Å². The number of carbonyl (C=O) groups excluding carboxylic acids is 1. The molecule has 0 unspecified atom stereocenters. The van der Waals surface area contributed by atoms with E-state index in [2.05, 4.69) is 0 Å². The molecule has 0 spiro atoms. The quantitative estimate of drug-likeness (QED) is 0.670. The van der Waals surface area contributed by atoms with Crippen LogP contribution in [0.15, 0.2) is 24.3 Å². The van der Waals surface area contributed by atoms with E-state index in [1.54, 1.807) is 17.0 Å². The second-order valence-corrected chi connectivity index (χ2v) is 7.06. The Morgan fingerprint density at radius 2 is 1.69 bits per heavy atom. The predicted octanol–water partition coefficient (Wildman–Crippen LogP) is 5.08. The average molecular weight is 407 g/mol. The van der Waals surface area contributed by atoms with Gasteiger partial charge in [-0.1, -0.05) is 6.07 Å². The first-order chi connectivity index (χ1) is 13.7. The molecule has 0 radical (unpaired) electrons. The number of hydrogen-bond donors (Lipinski definition) is 0. The van der Waals surface area contributed by atoms with Gasteiger partial charge < -0.3 is 14.4 Å². The van der Waals surface area contributed by atoms with Crippen LogP contribution in [0.2, 0.25) is 0 Å². The zero-order valence-electron chi connectivity index (χ0n) is 16.9. The highest BCUT2D eigenvalue weighted by atomic mass is 19.4. The first-order valence-corrected chi connectivity index (χ1v) is 9.45. The van der Waals surface area contributed by atoms with Gasteiger partial charge in [-0.15, -0.1) is 0 Å². The van der Waals surface area contributed by atoms with Crippen molar-refractivity contribution in [3.8, 4) is 22.6 Å². The molecule has 0 saturated carbocycles. The van der Waals surface area contributed by atoms with Crippen LogP contribution in [0.1, 0.15) is 30.0 Å². The van der Waals surface area contributed by atoms with Gasteiger partial charge in [-0.25, -0.2) is 0 Å². The molecule has 1 aliphatic rings. The lowest BCUT2D eigenvalue weighted by atomic mass is 9.90. The van der Waals surface area contributed by atoms with Crippen molar-refractivity contribution < 1.29 is 27.4 Å². The van der Waals surface area contributed by atoms with Gasteiger partial charge in [-0.05, 0) is 60.7 Å². The van der Waals surface area contributed by atoms with Gasteiger partial charge in [0.15, 0.2) is 0 Å². The fourth-order valence-corrected chi connectivity index (χ4v) is 3.90. The Morgan fingerprint density at radius 1 is 1.07 bits per heavy atom. The molecule has 0 aromatic heterocycles. The summed E-state index contributed by atoms with van der Waals surface area (Å²) in [5.41, 5.74) is 4.65. The van der Waals surface area contributed by atoms with Crippen molar-refractivity contribution in [3.63, 3.8) is 0 Å². The summed E-state index contributed by atoms with van der Waals surface area (Å²) in [5.74, 6) is 0.884. The number of ether oxygens (including phenoxy) is 2. The number of likely N-dealkylation sites (N-methyl/N-ethyl adjacent to an activating group) is 1. The fourth-order valence-electron chi connectivity index (χ4n) is 3.90. The maximum atomic E-state index is 12.7. The van der Waals surface area contributed by atoms with Crippen LogP contribution in [0.25, 0.3) is 11.1 Å². The van der Waals surface area contributed by atoms with Gasteiger partial charge >= 0.3 is 6.18 Å². The molecule has 1 aliphatic heterocycles. The van der Waals surface area contributed by atoms with E-state index in [9.17, 15) is 18.0 Å². The Bertz CT molecular complexity index is 913. The summed E-state index contributed by atoms with van der Waals surface area (Å²) in [6.07, 6.45) is -5.05. The summed E-state index contributed by atoms with van der Waals surface area (Å²) in [6, 6.07) is 7.11. The van der Waals surface area contributed by atoms with Crippen LogP contribution in [0, 0.1) is 6.92 Å². The molecular weight excluding hydrogens is 383 g/mol. The van der Waals surface area contributed by atoms with Gasteiger partial charge in [0, 0.05) is 18.7 Å². The molecular formula is C22H24F3NO3. The normalized spacial score (nSPS) is 13.6. The molecule has 2 aromatic rings. The van der Waals surface area contributed by atoms with E-state index in [0.29, 0.717) is 29.2 Å². The van der Waals surface area contributed by atoms with Crippen LogP contribution in [0.3, 0.4) is 0 Å². The topological polar surface area (TPSA) is 38.8 Å². The summed E-state index contributed by atoms with van der Waals surface area (Å²) in [4.78, 5) is 14.2. The van der Waals surface area contributed by atoms with Crippen molar-refractivity contribution in [1.82, 2.24) is 0 Å². The molecule has 0 N–H and O–H groups in total. The molecule has 0 bridgehead atoms. The van der Waals surface area contributed by atoms with E-state index < -0.39 is 12.6 Å². The lowest BCUT2D eigenvalue weighted by molar-refractivity contribution is -0.134. The minimum Gasteiger partial charge on any atom is -0.496 e. The lowest BCUT2D eigenvalue weighted by Gasteiger charge is -2.21. The maximum absolute atomic E-state index is 12.7. The summed E-state index contributed by atoms with van der Waals surface area (Å²) in [5, 5.41) is 0. The number of hydrogen-bond acceptors (Lipinski definition) is 3. The number of nitrogens with zero attached hydrogens (tertiary/aromatic N) is 1. The van der Waals surface area contributed by atoms with E-state index >= 15 is 0 Å². The van der Waals surface area contributed by atoms with Crippen molar-refractivity contribution in [3.05, 3.63) is 41.0 Å². The van der Waals surface area contributed by atoms with E-state index in [0.717, 1.165) is 22.4 Å². The first kappa shape index (κ1) is 21.0. The Labute approximate surface area is 168 Å². The number of benzene rings is 2. The average Bonchev–Trinajstić information content (AvgIpc) is 3.00. The van der Waals surface area contributed by atoms with Crippen LogP contribution >= 0.6 is 0 Å². The van der Waals surface area contributed by atoms with Crippen molar-refractivity contribution in [2.24, 2.45) is 0 Å². The second kappa shape index (κ2) is 7.97. The van der Waals surface area contributed by atoms with E-state index in [1.807, 2.05) is 26.0 Å². The summed E-state index contributed by atoms with van der Waals surface area (Å²) < 4.78 is 49.1. The minimum atomic E-state index is -4.24. The Kier molecular flexibility index (Phi) is 5.78. The maximum Gasteiger partial charge on any atom is 0.389 e. The van der Waals surface area contributed by atoms with E-state index in [-0.39, 0.29) is 18.7 Å². The highest BCUT2D eigenvalue weighted by Crippen LogP contribution is 2.47. The molecule has 0 saturated heterocycles. The number of methoxy groups -OCH3 is 2. The summed E-state index contributed by atoms with van der Waals surface area (Å²) in [6.45, 7) is 4.42. The standard InChI is InChI=1S/C22H24F3NO3/c1-5-26-16-7-6-13(2)20(15(16)12-19(26)27)21-17(28-3)10-14(11-18(21)29-4)8-9-22(23,24)25/h6-7,10-11H,5,8-9,12H2,1-4H3. The first-order valence-electron chi connectivity index (χ1n) is 9.45. The van der Waals surface area contributed by atoms with Crippen LogP contribution in [-0.2, 0) is 17.6 Å². The number of carbonyl (C=O) groups is 1. The Balaban J connectivity index is 2.17. The number of amides is 1. The molecule has 0 fully saturated rings. The molecule has 0 atom stereocenters. The molecule has 3 rings (SSSR count). The monoisotopic (exact) mass is 407 g/mol. The van der Waals surface area contributed by atoms with Crippen molar-refractivity contribution in [2.45, 2.75) is 39.3 Å². The number of aryl methyl sites for hydroxylation is 2. The van der Waals surface area contributed by atoms with Crippen LogP contribution in [0.4, 0.5) is 18.9 Å². The van der Waals surface area contributed by atoms with Gasteiger partial charge in [0.05, 0.1) is 26.2 Å². The zero-order valence-corrected chi connectivity index (χ0v) is 16.9. The molecule has 29 heavy (non-hydrogen) atoms. The number of fused-ring (bicyclic) bond motifs is 1. The summed E-state index contributed by atoms with van der Waals surface area (Å²) >= 11 is 0. The smallest absolute Gasteiger partial charge is 0.389 e.